The molecule has 0 spiro atoms. The highest BCUT2D eigenvalue weighted by molar-refractivity contribution is 5.82. The highest BCUT2D eigenvalue weighted by Gasteiger charge is 2.10. The van der Waals surface area contributed by atoms with Crippen LogP contribution in [-0.4, -0.2) is 10.1 Å². The quantitative estimate of drug-likeness (QED) is 0.690. The van der Waals surface area contributed by atoms with E-state index in [1.54, 1.807) is 19.1 Å². The standard InChI is InChI=1S/C9H10N2O2/c1-5-11-8-7(12)3-2-6(4-10)9(8)13-5/h2-3,12H,4,10H2,1H3. The van der Waals surface area contributed by atoms with E-state index in [4.69, 9.17) is 10.2 Å². The van der Waals surface area contributed by atoms with Crippen molar-refractivity contribution in [2.24, 2.45) is 5.73 Å². The number of hydrogen-bond donors (Lipinski definition) is 2. The molecule has 4 heteroatoms. The van der Waals surface area contributed by atoms with Crippen LogP contribution in [-0.2, 0) is 6.54 Å². The lowest BCUT2D eigenvalue weighted by Crippen LogP contribution is -1.95. The molecule has 68 valence electrons. The largest absolute Gasteiger partial charge is 0.506 e. The monoisotopic (exact) mass is 178 g/mol. The van der Waals surface area contributed by atoms with E-state index in [1.807, 2.05) is 0 Å². The van der Waals surface area contributed by atoms with E-state index in [9.17, 15) is 5.11 Å². The number of nitrogens with two attached hydrogens (primary N) is 1. The SMILES string of the molecule is Cc1nc2c(O)ccc(CN)c2o1. The molecule has 3 N–H and O–H groups in total. The predicted molar refractivity (Wildman–Crippen MR) is 48.3 cm³/mol. The summed E-state index contributed by atoms with van der Waals surface area (Å²) in [5, 5.41) is 9.44. The summed E-state index contributed by atoms with van der Waals surface area (Å²) in [5.74, 6) is 0.662. The van der Waals surface area contributed by atoms with Gasteiger partial charge in [0.1, 0.15) is 5.75 Å². The molecule has 2 rings (SSSR count). The molecular weight excluding hydrogens is 168 g/mol. The Hall–Kier alpha value is -1.55. The lowest BCUT2D eigenvalue weighted by atomic mass is 10.2. The first kappa shape index (κ1) is 8.07. The number of nitrogens with zero attached hydrogens (tertiary/aromatic N) is 1. The summed E-state index contributed by atoms with van der Waals surface area (Å²) in [6, 6.07) is 3.31. The molecule has 1 aromatic heterocycles. The molecule has 0 aliphatic rings. The van der Waals surface area contributed by atoms with Gasteiger partial charge in [-0.1, -0.05) is 6.07 Å². The topological polar surface area (TPSA) is 72.3 Å². The Balaban J connectivity index is 2.83. The molecule has 0 saturated carbocycles. The maximum Gasteiger partial charge on any atom is 0.192 e. The second-order valence-electron chi connectivity index (χ2n) is 2.86. The van der Waals surface area contributed by atoms with E-state index in [1.165, 1.54) is 0 Å². The summed E-state index contributed by atoms with van der Waals surface area (Å²) >= 11 is 0. The van der Waals surface area contributed by atoms with Crippen LogP contribution in [0.1, 0.15) is 11.5 Å². The lowest BCUT2D eigenvalue weighted by Gasteiger charge is -1.97. The molecule has 0 unspecified atom stereocenters. The molecule has 4 nitrogen and oxygen atoms in total. The molecule has 13 heavy (non-hydrogen) atoms. The van der Waals surface area contributed by atoms with Crippen molar-refractivity contribution >= 4 is 11.1 Å². The Morgan fingerprint density at radius 3 is 3.00 bits per heavy atom. The number of hydrogen-bond acceptors (Lipinski definition) is 4. The van der Waals surface area contributed by atoms with Crippen LogP contribution >= 0.6 is 0 Å². The molecule has 0 radical (unpaired) electrons. The highest BCUT2D eigenvalue weighted by atomic mass is 16.3. The van der Waals surface area contributed by atoms with E-state index >= 15 is 0 Å². The van der Waals surface area contributed by atoms with E-state index in [0.717, 1.165) is 5.56 Å². The number of aromatic hydroxyl groups is 1. The van der Waals surface area contributed by atoms with Gasteiger partial charge in [-0.2, -0.15) is 0 Å². The minimum atomic E-state index is 0.129. The van der Waals surface area contributed by atoms with Crippen molar-refractivity contribution in [2.45, 2.75) is 13.5 Å². The molecule has 0 aliphatic carbocycles. The number of benzene rings is 1. The number of oxazole rings is 1. The molecule has 0 bridgehead atoms. The maximum absolute atomic E-state index is 9.44. The number of rotatable bonds is 1. The van der Waals surface area contributed by atoms with Gasteiger partial charge in [0.05, 0.1) is 0 Å². The van der Waals surface area contributed by atoms with Gasteiger partial charge < -0.3 is 15.3 Å². The number of aromatic nitrogens is 1. The minimum absolute atomic E-state index is 0.129. The van der Waals surface area contributed by atoms with Crippen molar-refractivity contribution < 1.29 is 9.52 Å². The van der Waals surface area contributed by atoms with E-state index in [2.05, 4.69) is 4.98 Å². The summed E-state index contributed by atoms with van der Waals surface area (Å²) in [6.07, 6.45) is 0. The first-order valence-corrected chi connectivity index (χ1v) is 4.00. The Morgan fingerprint density at radius 2 is 2.31 bits per heavy atom. The van der Waals surface area contributed by atoms with Crippen molar-refractivity contribution in [3.05, 3.63) is 23.6 Å². The Bertz CT molecular complexity index is 448. The van der Waals surface area contributed by atoms with Crippen molar-refractivity contribution in [3.63, 3.8) is 0 Å². The third-order valence-electron chi connectivity index (χ3n) is 1.93. The second-order valence-corrected chi connectivity index (χ2v) is 2.86. The van der Waals surface area contributed by atoms with Crippen LogP contribution < -0.4 is 5.73 Å². The van der Waals surface area contributed by atoms with Gasteiger partial charge in [-0.3, -0.25) is 0 Å². The zero-order valence-electron chi connectivity index (χ0n) is 7.24. The number of fused-ring (bicyclic) bond motifs is 1. The third-order valence-corrected chi connectivity index (χ3v) is 1.93. The molecule has 0 amide bonds. The first-order valence-electron chi connectivity index (χ1n) is 4.00. The van der Waals surface area contributed by atoms with Crippen molar-refractivity contribution in [3.8, 4) is 5.75 Å². The van der Waals surface area contributed by atoms with Gasteiger partial charge in [0.15, 0.2) is 17.0 Å². The van der Waals surface area contributed by atoms with E-state index < -0.39 is 0 Å². The van der Waals surface area contributed by atoms with Crippen molar-refractivity contribution in [2.75, 3.05) is 0 Å². The molecule has 0 saturated heterocycles. The summed E-state index contributed by atoms with van der Waals surface area (Å²) in [7, 11) is 0. The fourth-order valence-electron chi connectivity index (χ4n) is 1.31. The molecule has 2 aromatic rings. The van der Waals surface area contributed by atoms with Crippen LogP contribution in [0.2, 0.25) is 0 Å². The van der Waals surface area contributed by atoms with Crippen molar-refractivity contribution in [1.82, 2.24) is 4.98 Å². The molecule has 0 fully saturated rings. The highest BCUT2D eigenvalue weighted by Crippen LogP contribution is 2.27. The first-order chi connectivity index (χ1) is 6.22. The Morgan fingerprint density at radius 1 is 1.54 bits per heavy atom. The smallest absolute Gasteiger partial charge is 0.192 e. The van der Waals surface area contributed by atoms with Crippen LogP contribution in [0, 0.1) is 6.92 Å². The summed E-state index contributed by atoms with van der Waals surface area (Å²) < 4.78 is 5.32. The normalized spacial score (nSPS) is 10.9. The van der Waals surface area contributed by atoms with Gasteiger partial charge >= 0.3 is 0 Å². The van der Waals surface area contributed by atoms with Crippen LogP contribution in [0.3, 0.4) is 0 Å². The van der Waals surface area contributed by atoms with Crippen LogP contribution in [0.4, 0.5) is 0 Å². The average molecular weight is 178 g/mol. The number of aryl methyl sites for hydroxylation is 1. The summed E-state index contributed by atoms with van der Waals surface area (Å²) in [6.45, 7) is 2.12. The molecule has 1 aromatic carbocycles. The van der Waals surface area contributed by atoms with Crippen molar-refractivity contribution in [1.29, 1.82) is 0 Å². The molecule has 1 heterocycles. The molecule has 0 atom stereocenters. The summed E-state index contributed by atoms with van der Waals surface area (Å²) in [4.78, 5) is 4.05. The maximum atomic E-state index is 9.44. The van der Waals surface area contributed by atoms with Gasteiger partial charge in [-0.15, -0.1) is 0 Å². The number of phenols is 1. The zero-order chi connectivity index (χ0) is 9.42. The second kappa shape index (κ2) is 2.74. The fourth-order valence-corrected chi connectivity index (χ4v) is 1.31. The van der Waals surface area contributed by atoms with E-state index in [-0.39, 0.29) is 5.75 Å². The lowest BCUT2D eigenvalue weighted by molar-refractivity contribution is 0.480. The van der Waals surface area contributed by atoms with Gasteiger partial charge in [0.25, 0.3) is 0 Å². The predicted octanol–water partition coefficient (Wildman–Crippen LogP) is 1.30. The van der Waals surface area contributed by atoms with Gasteiger partial charge in [-0.05, 0) is 6.07 Å². The van der Waals surface area contributed by atoms with Crippen LogP contribution in [0.25, 0.3) is 11.1 Å². The number of phenolic OH excluding ortho intramolecular Hbond substituents is 1. The zero-order valence-corrected chi connectivity index (χ0v) is 7.24. The van der Waals surface area contributed by atoms with Gasteiger partial charge in [0.2, 0.25) is 0 Å². The Kier molecular flexibility index (Phi) is 1.70. The fraction of sp³-hybridized carbons (Fsp3) is 0.222. The molecular formula is C9H10N2O2. The van der Waals surface area contributed by atoms with E-state index in [0.29, 0.717) is 23.5 Å². The minimum Gasteiger partial charge on any atom is -0.506 e. The summed E-state index contributed by atoms with van der Waals surface area (Å²) in [5.41, 5.74) is 7.43. The van der Waals surface area contributed by atoms with Crippen LogP contribution in [0.5, 0.6) is 5.75 Å². The van der Waals surface area contributed by atoms with Gasteiger partial charge in [0, 0.05) is 19.0 Å². The molecule has 0 aliphatic heterocycles. The van der Waals surface area contributed by atoms with Gasteiger partial charge in [-0.25, -0.2) is 4.98 Å². The van der Waals surface area contributed by atoms with Crippen LogP contribution in [0.15, 0.2) is 16.5 Å². The third kappa shape index (κ3) is 1.15. The average Bonchev–Trinajstić information content (AvgIpc) is 2.48. The Labute approximate surface area is 75.0 Å².